The zero-order valence-corrected chi connectivity index (χ0v) is 12.4. The van der Waals surface area contributed by atoms with Crippen LogP contribution >= 0.6 is 11.3 Å². The fourth-order valence-electron chi connectivity index (χ4n) is 1.64. The van der Waals surface area contributed by atoms with Gasteiger partial charge in [-0.05, 0) is 29.1 Å². The van der Waals surface area contributed by atoms with E-state index < -0.39 is 10.0 Å². The molecule has 0 aliphatic heterocycles. The molecule has 0 aliphatic rings. The minimum Gasteiger partial charge on any atom is -0.497 e. The molecule has 0 radical (unpaired) electrons. The number of hydrogen-bond donors (Lipinski definition) is 0. The number of methoxy groups -OCH3 is 1. The van der Waals surface area contributed by atoms with Crippen molar-refractivity contribution in [2.75, 3.05) is 14.2 Å². The topological polar surface area (TPSA) is 46.6 Å². The highest BCUT2D eigenvalue weighted by molar-refractivity contribution is 7.91. The van der Waals surface area contributed by atoms with Gasteiger partial charge in [-0.25, -0.2) is 8.42 Å². The lowest BCUT2D eigenvalue weighted by Gasteiger charge is -2.16. The molecule has 0 saturated heterocycles. The molecule has 1 aromatic carbocycles. The molecule has 0 atom stereocenters. The lowest BCUT2D eigenvalue weighted by Crippen LogP contribution is -2.25. The second kappa shape index (κ2) is 5.73. The van der Waals surface area contributed by atoms with E-state index in [0.29, 0.717) is 10.8 Å². The SMILES string of the molecule is COc1ccc(CN(C)S(=O)(=O)c2cccs2)cc1. The summed E-state index contributed by atoms with van der Waals surface area (Å²) in [5.41, 5.74) is 0.920. The third-order valence-electron chi connectivity index (χ3n) is 2.72. The Balaban J connectivity index is 2.14. The van der Waals surface area contributed by atoms with E-state index in [0.717, 1.165) is 11.3 Å². The molecule has 102 valence electrons. The number of thiophene rings is 1. The summed E-state index contributed by atoms with van der Waals surface area (Å²) >= 11 is 1.23. The third kappa shape index (κ3) is 3.15. The van der Waals surface area contributed by atoms with E-state index in [-0.39, 0.29) is 0 Å². The molecule has 0 N–H and O–H groups in total. The van der Waals surface area contributed by atoms with Crippen LogP contribution in [0.5, 0.6) is 5.75 Å². The van der Waals surface area contributed by atoms with Crippen LogP contribution in [0.3, 0.4) is 0 Å². The molecule has 0 fully saturated rings. The molecule has 2 rings (SSSR count). The molecule has 19 heavy (non-hydrogen) atoms. The molecule has 6 heteroatoms. The van der Waals surface area contributed by atoms with E-state index in [9.17, 15) is 8.42 Å². The Labute approximate surface area is 117 Å². The van der Waals surface area contributed by atoms with Crippen molar-refractivity contribution in [3.63, 3.8) is 0 Å². The van der Waals surface area contributed by atoms with Gasteiger partial charge in [-0.3, -0.25) is 0 Å². The Bertz CT molecular complexity index is 618. The van der Waals surface area contributed by atoms with Gasteiger partial charge in [-0.2, -0.15) is 4.31 Å². The molecule has 4 nitrogen and oxygen atoms in total. The second-order valence-electron chi connectivity index (χ2n) is 4.04. The summed E-state index contributed by atoms with van der Waals surface area (Å²) in [6.45, 7) is 0.338. The second-order valence-corrected chi connectivity index (χ2v) is 7.26. The maximum absolute atomic E-state index is 12.2. The van der Waals surface area contributed by atoms with Crippen molar-refractivity contribution >= 4 is 21.4 Å². The summed E-state index contributed by atoms with van der Waals surface area (Å²) < 4.78 is 31.2. The van der Waals surface area contributed by atoms with Crippen molar-refractivity contribution < 1.29 is 13.2 Å². The summed E-state index contributed by atoms with van der Waals surface area (Å²) in [7, 11) is -0.207. The Hall–Kier alpha value is -1.37. The zero-order valence-electron chi connectivity index (χ0n) is 10.7. The highest BCUT2D eigenvalue weighted by Crippen LogP contribution is 2.21. The van der Waals surface area contributed by atoms with Crippen molar-refractivity contribution in [2.24, 2.45) is 0 Å². The van der Waals surface area contributed by atoms with Gasteiger partial charge in [-0.1, -0.05) is 18.2 Å². The van der Waals surface area contributed by atoms with Crippen LogP contribution < -0.4 is 4.74 Å². The van der Waals surface area contributed by atoms with Crippen LogP contribution in [0.15, 0.2) is 46.0 Å². The normalized spacial score (nSPS) is 11.7. The minimum absolute atomic E-state index is 0.338. The van der Waals surface area contributed by atoms with Gasteiger partial charge < -0.3 is 4.74 Å². The molecular weight excluding hydrogens is 282 g/mol. The average Bonchev–Trinajstić information content (AvgIpc) is 2.94. The molecule has 0 aliphatic carbocycles. The van der Waals surface area contributed by atoms with Gasteiger partial charge in [0.05, 0.1) is 7.11 Å². The van der Waals surface area contributed by atoms with Crippen LogP contribution in [0.1, 0.15) is 5.56 Å². The van der Waals surface area contributed by atoms with E-state index in [1.807, 2.05) is 24.3 Å². The van der Waals surface area contributed by atoms with Crippen LogP contribution in [-0.4, -0.2) is 26.9 Å². The molecule has 1 heterocycles. The smallest absolute Gasteiger partial charge is 0.252 e. The third-order valence-corrected chi connectivity index (χ3v) is 5.90. The van der Waals surface area contributed by atoms with Gasteiger partial charge in [0.15, 0.2) is 0 Å². The number of ether oxygens (including phenoxy) is 1. The van der Waals surface area contributed by atoms with E-state index in [1.54, 1.807) is 31.7 Å². The maximum Gasteiger partial charge on any atom is 0.252 e. The van der Waals surface area contributed by atoms with Gasteiger partial charge >= 0.3 is 0 Å². The van der Waals surface area contributed by atoms with Crippen molar-refractivity contribution in [3.8, 4) is 5.75 Å². The van der Waals surface area contributed by atoms with Gasteiger partial charge in [0.2, 0.25) is 0 Å². The molecule has 0 bridgehead atoms. The summed E-state index contributed by atoms with van der Waals surface area (Å²) in [6, 6.07) is 10.7. The van der Waals surface area contributed by atoms with Crippen LogP contribution in [0, 0.1) is 0 Å². The first kappa shape index (κ1) is 14.0. The van der Waals surface area contributed by atoms with Gasteiger partial charge in [0.1, 0.15) is 9.96 Å². The lowest BCUT2D eigenvalue weighted by atomic mass is 10.2. The number of hydrogen-bond acceptors (Lipinski definition) is 4. The highest BCUT2D eigenvalue weighted by atomic mass is 32.2. The van der Waals surface area contributed by atoms with Crippen LogP contribution in [0.2, 0.25) is 0 Å². The van der Waals surface area contributed by atoms with Gasteiger partial charge in [0, 0.05) is 13.6 Å². The predicted octanol–water partition coefficient (Wildman–Crippen LogP) is 2.58. The van der Waals surface area contributed by atoms with Gasteiger partial charge in [0.25, 0.3) is 10.0 Å². The molecule has 0 saturated carbocycles. The number of sulfonamides is 1. The lowest BCUT2D eigenvalue weighted by molar-refractivity contribution is 0.414. The van der Waals surface area contributed by atoms with E-state index in [2.05, 4.69) is 0 Å². The van der Waals surface area contributed by atoms with Crippen molar-refractivity contribution in [3.05, 3.63) is 47.3 Å². The molecular formula is C13H15NO3S2. The Kier molecular flexibility index (Phi) is 4.24. The minimum atomic E-state index is -3.39. The maximum atomic E-state index is 12.2. The van der Waals surface area contributed by atoms with Crippen LogP contribution in [-0.2, 0) is 16.6 Å². The number of rotatable bonds is 5. The fourth-order valence-corrected chi connectivity index (χ4v) is 4.00. The average molecular weight is 297 g/mol. The predicted molar refractivity (Wildman–Crippen MR) is 76.0 cm³/mol. The standard InChI is InChI=1S/C13H15NO3S2/c1-14(19(15,16)13-4-3-9-18-13)10-11-5-7-12(17-2)8-6-11/h3-9H,10H2,1-2H3. The number of nitrogens with zero attached hydrogens (tertiary/aromatic N) is 1. The van der Waals surface area contributed by atoms with Crippen molar-refractivity contribution in [1.82, 2.24) is 4.31 Å². The molecule has 0 amide bonds. The Morgan fingerprint density at radius 2 is 1.89 bits per heavy atom. The highest BCUT2D eigenvalue weighted by Gasteiger charge is 2.21. The number of benzene rings is 1. The van der Waals surface area contributed by atoms with Crippen LogP contribution in [0.4, 0.5) is 0 Å². The molecule has 2 aromatic rings. The Morgan fingerprint density at radius 3 is 2.42 bits per heavy atom. The quantitative estimate of drug-likeness (QED) is 0.852. The first-order valence-corrected chi connectivity index (χ1v) is 7.99. The summed E-state index contributed by atoms with van der Waals surface area (Å²) in [6.07, 6.45) is 0. The van der Waals surface area contributed by atoms with E-state index in [1.165, 1.54) is 15.6 Å². The van der Waals surface area contributed by atoms with Crippen molar-refractivity contribution in [1.29, 1.82) is 0 Å². The molecule has 1 aromatic heterocycles. The summed E-state index contributed by atoms with van der Waals surface area (Å²) in [4.78, 5) is 0. The summed E-state index contributed by atoms with van der Waals surface area (Å²) in [5.74, 6) is 0.757. The van der Waals surface area contributed by atoms with Crippen molar-refractivity contribution in [2.45, 2.75) is 10.8 Å². The zero-order chi connectivity index (χ0) is 13.9. The van der Waals surface area contributed by atoms with E-state index in [4.69, 9.17) is 4.74 Å². The molecule has 0 spiro atoms. The largest absolute Gasteiger partial charge is 0.497 e. The molecule has 0 unspecified atom stereocenters. The van der Waals surface area contributed by atoms with E-state index >= 15 is 0 Å². The van der Waals surface area contributed by atoms with Crippen LogP contribution in [0.25, 0.3) is 0 Å². The first-order valence-electron chi connectivity index (χ1n) is 5.67. The first-order chi connectivity index (χ1) is 9.04. The monoisotopic (exact) mass is 297 g/mol. The Morgan fingerprint density at radius 1 is 1.21 bits per heavy atom. The summed E-state index contributed by atoms with van der Waals surface area (Å²) in [5, 5.41) is 1.76. The fraction of sp³-hybridized carbons (Fsp3) is 0.231. The van der Waals surface area contributed by atoms with Gasteiger partial charge in [-0.15, -0.1) is 11.3 Å².